The van der Waals surface area contributed by atoms with Gasteiger partial charge in [0.2, 0.25) is 0 Å². The Bertz CT molecular complexity index is 650. The summed E-state index contributed by atoms with van der Waals surface area (Å²) in [4.78, 5) is 23.6. The van der Waals surface area contributed by atoms with Gasteiger partial charge in [-0.15, -0.1) is 12.4 Å². The van der Waals surface area contributed by atoms with Gasteiger partial charge in [0.1, 0.15) is 31.2 Å². The highest BCUT2D eigenvalue weighted by molar-refractivity contribution is 5.85. The van der Waals surface area contributed by atoms with Crippen molar-refractivity contribution in [1.82, 2.24) is 19.5 Å². The second kappa shape index (κ2) is 9.98. The molecule has 0 bridgehead atoms. The number of anilines is 1. The summed E-state index contributed by atoms with van der Waals surface area (Å²) in [5.41, 5.74) is 12.5. The average molecular weight is 363 g/mol. The molecule has 6 N–H and O–H groups in total. The van der Waals surface area contributed by atoms with E-state index in [-0.39, 0.29) is 43.7 Å². The SMILES string of the molecule is CC(C)[C@H](N)C(=O)OCCOCn1cnc2c(N)ncnc21.Cl.O. The summed E-state index contributed by atoms with van der Waals surface area (Å²) in [5, 5.41) is 0. The van der Waals surface area contributed by atoms with Crippen molar-refractivity contribution in [2.45, 2.75) is 26.6 Å². The third-order valence-electron chi connectivity index (χ3n) is 3.12. The van der Waals surface area contributed by atoms with Crippen molar-refractivity contribution >= 4 is 35.4 Å². The van der Waals surface area contributed by atoms with Crippen LogP contribution in [-0.2, 0) is 21.0 Å². The Balaban J connectivity index is 0.00000264. The van der Waals surface area contributed by atoms with E-state index in [9.17, 15) is 4.79 Å². The lowest BCUT2D eigenvalue weighted by molar-refractivity contribution is -0.148. The van der Waals surface area contributed by atoms with Crippen LogP contribution in [0.25, 0.3) is 11.2 Å². The van der Waals surface area contributed by atoms with Crippen molar-refractivity contribution in [2.24, 2.45) is 11.7 Å². The zero-order chi connectivity index (χ0) is 16.1. The third-order valence-corrected chi connectivity index (χ3v) is 3.12. The Kier molecular flexibility index (Phi) is 9.14. The summed E-state index contributed by atoms with van der Waals surface area (Å²) in [6.07, 6.45) is 2.93. The van der Waals surface area contributed by atoms with Gasteiger partial charge in [0.25, 0.3) is 0 Å². The van der Waals surface area contributed by atoms with E-state index in [0.29, 0.717) is 17.0 Å². The quantitative estimate of drug-likeness (QED) is 0.492. The van der Waals surface area contributed by atoms with Gasteiger partial charge in [0.15, 0.2) is 11.5 Å². The minimum absolute atomic E-state index is 0. The lowest BCUT2D eigenvalue weighted by atomic mass is 10.1. The standard InChI is InChI=1S/C13H20N6O3.ClH.H2O/c1-8(2)9(14)13(20)22-4-3-21-7-19-6-18-10-11(15)16-5-17-12(10)19;;/h5-6,8-9H,3-4,7,14H2,1-2H3,(H2,15,16,17);1H;1H2/t9-;;/m0../s1. The van der Waals surface area contributed by atoms with Gasteiger partial charge < -0.3 is 26.4 Å². The molecule has 0 aliphatic heterocycles. The summed E-state index contributed by atoms with van der Waals surface area (Å²) >= 11 is 0. The Morgan fingerprint density at radius 2 is 2.00 bits per heavy atom. The van der Waals surface area contributed by atoms with Crippen LogP contribution in [0.2, 0.25) is 0 Å². The molecule has 11 heteroatoms. The van der Waals surface area contributed by atoms with Crippen molar-refractivity contribution < 1.29 is 19.7 Å². The van der Waals surface area contributed by atoms with E-state index < -0.39 is 12.0 Å². The predicted molar refractivity (Wildman–Crippen MR) is 90.3 cm³/mol. The Labute approximate surface area is 145 Å². The number of nitrogens with zero attached hydrogens (tertiary/aromatic N) is 4. The first-order chi connectivity index (χ1) is 10.5. The van der Waals surface area contributed by atoms with E-state index in [1.165, 1.54) is 6.33 Å². The van der Waals surface area contributed by atoms with Crippen molar-refractivity contribution in [3.8, 4) is 0 Å². The number of nitrogen functional groups attached to an aromatic ring is 1. The molecule has 0 unspecified atom stereocenters. The van der Waals surface area contributed by atoms with E-state index in [1.807, 2.05) is 13.8 Å². The van der Waals surface area contributed by atoms with Gasteiger partial charge in [-0.2, -0.15) is 0 Å². The minimum atomic E-state index is -0.614. The molecule has 1 atom stereocenters. The number of hydrogen-bond donors (Lipinski definition) is 2. The van der Waals surface area contributed by atoms with Crippen molar-refractivity contribution in [3.63, 3.8) is 0 Å². The van der Waals surface area contributed by atoms with Gasteiger partial charge in [0, 0.05) is 0 Å². The Morgan fingerprint density at radius 3 is 2.67 bits per heavy atom. The Morgan fingerprint density at radius 1 is 1.29 bits per heavy atom. The average Bonchev–Trinajstić information content (AvgIpc) is 2.90. The maximum atomic E-state index is 11.5. The molecule has 2 heterocycles. The number of halogens is 1. The number of carbonyl (C=O) groups is 1. The molecule has 0 saturated heterocycles. The van der Waals surface area contributed by atoms with Crippen LogP contribution in [-0.4, -0.2) is 50.2 Å². The minimum Gasteiger partial charge on any atom is -0.462 e. The number of carbonyl (C=O) groups excluding carboxylic acids is 1. The van der Waals surface area contributed by atoms with Gasteiger partial charge in [-0.25, -0.2) is 15.0 Å². The van der Waals surface area contributed by atoms with Gasteiger partial charge in [-0.1, -0.05) is 13.8 Å². The number of aromatic nitrogens is 4. The molecule has 10 nitrogen and oxygen atoms in total. The van der Waals surface area contributed by atoms with Crippen LogP contribution in [0.1, 0.15) is 13.8 Å². The number of rotatable bonds is 7. The fourth-order valence-electron chi connectivity index (χ4n) is 1.73. The molecule has 2 aromatic heterocycles. The van der Waals surface area contributed by atoms with Crippen LogP contribution in [0.4, 0.5) is 5.82 Å². The normalized spacial score (nSPS) is 11.7. The number of ether oxygens (including phenoxy) is 2. The summed E-state index contributed by atoms with van der Waals surface area (Å²) in [7, 11) is 0. The molecule has 0 spiro atoms. The second-order valence-electron chi connectivity index (χ2n) is 5.12. The first-order valence-electron chi connectivity index (χ1n) is 6.92. The first-order valence-corrected chi connectivity index (χ1v) is 6.92. The second-order valence-corrected chi connectivity index (χ2v) is 5.12. The van der Waals surface area contributed by atoms with Crippen LogP contribution < -0.4 is 11.5 Å². The number of hydrogen-bond acceptors (Lipinski definition) is 8. The smallest absolute Gasteiger partial charge is 0.323 e. The number of fused-ring (bicyclic) bond motifs is 1. The maximum Gasteiger partial charge on any atom is 0.323 e. The largest absolute Gasteiger partial charge is 0.462 e. The van der Waals surface area contributed by atoms with Gasteiger partial charge in [-0.05, 0) is 5.92 Å². The lowest BCUT2D eigenvalue weighted by Crippen LogP contribution is -2.37. The Hall–Kier alpha value is -2.01. The molecule has 2 aromatic rings. The molecule has 0 aromatic carbocycles. The molecule has 0 radical (unpaired) electrons. The van der Waals surface area contributed by atoms with E-state index in [2.05, 4.69) is 15.0 Å². The molecule has 24 heavy (non-hydrogen) atoms. The lowest BCUT2D eigenvalue weighted by Gasteiger charge is -2.14. The van der Waals surface area contributed by atoms with Crippen molar-refractivity contribution in [2.75, 3.05) is 18.9 Å². The van der Waals surface area contributed by atoms with E-state index in [4.69, 9.17) is 20.9 Å². The number of imidazole rings is 1. The van der Waals surface area contributed by atoms with E-state index in [1.54, 1.807) is 10.9 Å². The zero-order valence-corrected chi connectivity index (χ0v) is 14.3. The highest BCUT2D eigenvalue weighted by Crippen LogP contribution is 2.13. The molecular formula is C13H23ClN6O4. The first kappa shape index (κ1) is 22.0. The highest BCUT2D eigenvalue weighted by Gasteiger charge is 2.18. The van der Waals surface area contributed by atoms with Crippen LogP contribution in [0.3, 0.4) is 0 Å². The molecule has 0 saturated carbocycles. The zero-order valence-electron chi connectivity index (χ0n) is 13.5. The summed E-state index contributed by atoms with van der Waals surface area (Å²) in [5.74, 6) is -0.0663. The molecule has 2 rings (SSSR count). The topological polar surface area (TPSA) is 163 Å². The van der Waals surface area contributed by atoms with Crippen LogP contribution >= 0.6 is 12.4 Å². The summed E-state index contributed by atoms with van der Waals surface area (Å²) in [6.45, 7) is 4.33. The van der Waals surface area contributed by atoms with Crippen molar-refractivity contribution in [1.29, 1.82) is 0 Å². The van der Waals surface area contributed by atoms with Crippen LogP contribution in [0.5, 0.6) is 0 Å². The molecule has 136 valence electrons. The molecule has 0 aliphatic carbocycles. The van der Waals surface area contributed by atoms with Crippen LogP contribution in [0.15, 0.2) is 12.7 Å². The van der Waals surface area contributed by atoms with Gasteiger partial charge in [0.05, 0.1) is 12.9 Å². The number of esters is 1. The van der Waals surface area contributed by atoms with Gasteiger partial charge >= 0.3 is 5.97 Å². The van der Waals surface area contributed by atoms with Crippen LogP contribution in [0, 0.1) is 5.92 Å². The molecule has 0 amide bonds. The maximum absolute atomic E-state index is 11.5. The fourth-order valence-corrected chi connectivity index (χ4v) is 1.73. The number of nitrogens with two attached hydrogens (primary N) is 2. The predicted octanol–water partition coefficient (Wildman–Crippen LogP) is -0.494. The fraction of sp³-hybridized carbons (Fsp3) is 0.538. The summed E-state index contributed by atoms with van der Waals surface area (Å²) < 4.78 is 12.1. The van der Waals surface area contributed by atoms with Crippen molar-refractivity contribution in [3.05, 3.63) is 12.7 Å². The molecule has 0 fully saturated rings. The highest BCUT2D eigenvalue weighted by atomic mass is 35.5. The molecule has 0 aliphatic rings. The monoisotopic (exact) mass is 362 g/mol. The van der Waals surface area contributed by atoms with E-state index >= 15 is 0 Å². The van der Waals surface area contributed by atoms with E-state index in [0.717, 1.165) is 0 Å². The summed E-state index contributed by atoms with van der Waals surface area (Å²) in [6, 6.07) is -0.614. The molecular weight excluding hydrogens is 340 g/mol. The third kappa shape index (κ3) is 5.27. The van der Waals surface area contributed by atoms with Gasteiger partial charge in [-0.3, -0.25) is 9.36 Å².